The molecule has 0 bridgehead atoms. The maximum absolute atomic E-state index is 13.3. The monoisotopic (exact) mass is 264 g/mol. The van der Waals surface area contributed by atoms with Crippen LogP contribution < -0.4 is 11.1 Å². The van der Waals surface area contributed by atoms with Crippen molar-refractivity contribution in [2.45, 2.75) is 6.54 Å². The second-order valence-corrected chi connectivity index (χ2v) is 4.02. The smallest absolute Gasteiger partial charge is 0.340 e. The van der Waals surface area contributed by atoms with Gasteiger partial charge in [-0.3, -0.25) is 4.68 Å². The summed E-state index contributed by atoms with van der Waals surface area (Å²) < 4.78 is 14.9. The lowest BCUT2D eigenvalue weighted by molar-refractivity contribution is 0.0698. The lowest BCUT2D eigenvalue weighted by Gasteiger charge is -2.11. The fraction of sp³-hybridized carbons (Fsp3) is 0.167. The summed E-state index contributed by atoms with van der Waals surface area (Å²) in [6.07, 6.45) is 1.77. The van der Waals surface area contributed by atoms with E-state index in [1.807, 2.05) is 0 Å². The number of carboxylic acid groups (broad SMARTS) is 1. The highest BCUT2D eigenvalue weighted by Gasteiger charge is 2.17. The van der Waals surface area contributed by atoms with Crippen LogP contribution in [0.3, 0.4) is 0 Å². The third-order valence-electron chi connectivity index (χ3n) is 2.63. The zero-order valence-electron chi connectivity index (χ0n) is 10.2. The van der Waals surface area contributed by atoms with Crippen LogP contribution in [0.25, 0.3) is 0 Å². The van der Waals surface area contributed by atoms with Crippen molar-refractivity contribution in [3.05, 3.63) is 41.5 Å². The number of carbonyl (C=O) groups is 1. The number of aryl methyl sites for hydroxylation is 1. The van der Waals surface area contributed by atoms with Gasteiger partial charge >= 0.3 is 5.97 Å². The number of halogens is 1. The Morgan fingerprint density at radius 2 is 2.26 bits per heavy atom. The van der Waals surface area contributed by atoms with Crippen molar-refractivity contribution in [2.24, 2.45) is 7.05 Å². The number of aromatic carboxylic acids is 1. The quantitative estimate of drug-likeness (QED) is 0.727. The predicted molar refractivity (Wildman–Crippen MR) is 68.3 cm³/mol. The molecule has 0 aliphatic rings. The highest BCUT2D eigenvalue weighted by atomic mass is 19.1. The summed E-state index contributed by atoms with van der Waals surface area (Å²) in [7, 11) is 1.78. The van der Waals surface area contributed by atoms with Crippen LogP contribution in [0, 0.1) is 5.82 Å². The van der Waals surface area contributed by atoms with Gasteiger partial charge in [-0.15, -0.1) is 0 Å². The summed E-state index contributed by atoms with van der Waals surface area (Å²) in [6, 6.07) is 4.26. The Kier molecular flexibility index (Phi) is 3.37. The molecule has 2 rings (SSSR count). The van der Waals surface area contributed by atoms with Gasteiger partial charge in [-0.25, -0.2) is 9.18 Å². The van der Waals surface area contributed by atoms with Gasteiger partial charge in [-0.1, -0.05) is 0 Å². The fourth-order valence-corrected chi connectivity index (χ4v) is 1.72. The molecule has 0 aliphatic heterocycles. The highest BCUT2D eigenvalue weighted by Crippen LogP contribution is 2.25. The molecule has 0 saturated heterocycles. The molecule has 7 heteroatoms. The molecule has 1 aromatic heterocycles. The third kappa shape index (κ3) is 2.65. The molecule has 0 atom stereocenters. The van der Waals surface area contributed by atoms with Gasteiger partial charge in [0.05, 0.1) is 23.6 Å². The number of carboxylic acids is 1. The normalized spacial score (nSPS) is 10.4. The number of hydrogen-bond donors (Lipinski definition) is 3. The molecule has 4 N–H and O–H groups in total. The summed E-state index contributed by atoms with van der Waals surface area (Å²) in [5, 5.41) is 16.1. The summed E-state index contributed by atoms with van der Waals surface area (Å²) in [4.78, 5) is 11.1. The Labute approximate surface area is 108 Å². The predicted octanol–water partition coefficient (Wildman–Crippen LogP) is 1.45. The van der Waals surface area contributed by atoms with Crippen LogP contribution in [0.4, 0.5) is 15.8 Å². The number of aromatic nitrogens is 2. The van der Waals surface area contributed by atoms with E-state index >= 15 is 0 Å². The second-order valence-electron chi connectivity index (χ2n) is 4.02. The Balaban J connectivity index is 2.25. The maximum Gasteiger partial charge on any atom is 0.340 e. The van der Waals surface area contributed by atoms with Crippen molar-refractivity contribution in [2.75, 3.05) is 11.1 Å². The molecule has 100 valence electrons. The number of nitrogens with zero attached hydrogens (tertiary/aromatic N) is 2. The molecule has 0 amide bonds. The van der Waals surface area contributed by atoms with Crippen molar-refractivity contribution < 1.29 is 14.3 Å². The van der Waals surface area contributed by atoms with Crippen LogP contribution in [-0.4, -0.2) is 20.9 Å². The summed E-state index contributed by atoms with van der Waals surface area (Å²) in [5.74, 6) is -2.03. The van der Waals surface area contributed by atoms with E-state index in [2.05, 4.69) is 10.4 Å². The molecule has 0 spiro atoms. The highest BCUT2D eigenvalue weighted by molar-refractivity contribution is 6.00. The Hall–Kier alpha value is -2.57. The molecule has 0 aliphatic carbocycles. The zero-order valence-corrected chi connectivity index (χ0v) is 10.2. The molecule has 6 nitrogen and oxygen atoms in total. The average molecular weight is 264 g/mol. The number of anilines is 2. The Morgan fingerprint density at radius 3 is 2.84 bits per heavy atom. The number of nitrogen functional groups attached to an aromatic ring is 1. The molecule has 0 fully saturated rings. The van der Waals surface area contributed by atoms with Gasteiger partial charge in [0.2, 0.25) is 0 Å². The van der Waals surface area contributed by atoms with Crippen LogP contribution in [0.1, 0.15) is 16.1 Å². The molecule has 19 heavy (non-hydrogen) atoms. The van der Waals surface area contributed by atoms with E-state index in [-0.39, 0.29) is 16.9 Å². The van der Waals surface area contributed by atoms with Crippen LogP contribution in [0.15, 0.2) is 24.4 Å². The van der Waals surface area contributed by atoms with E-state index in [1.165, 1.54) is 6.07 Å². The average Bonchev–Trinajstić information content (AvgIpc) is 2.76. The minimum Gasteiger partial charge on any atom is -0.478 e. The summed E-state index contributed by atoms with van der Waals surface area (Å²) in [5.41, 5.74) is 5.80. The van der Waals surface area contributed by atoms with Gasteiger partial charge in [0, 0.05) is 13.2 Å². The number of rotatable bonds is 4. The molecular formula is C12H13FN4O2. The van der Waals surface area contributed by atoms with Crippen molar-refractivity contribution in [1.82, 2.24) is 9.78 Å². The van der Waals surface area contributed by atoms with E-state index in [1.54, 1.807) is 24.0 Å². The molecule has 0 saturated carbocycles. The first-order valence-corrected chi connectivity index (χ1v) is 5.52. The number of benzene rings is 1. The largest absolute Gasteiger partial charge is 0.478 e. The van der Waals surface area contributed by atoms with Gasteiger partial charge in [-0.05, 0) is 18.2 Å². The second kappa shape index (κ2) is 4.97. The summed E-state index contributed by atoms with van der Waals surface area (Å²) >= 11 is 0. The maximum atomic E-state index is 13.3. The van der Waals surface area contributed by atoms with E-state index in [0.717, 1.165) is 11.8 Å². The van der Waals surface area contributed by atoms with Gasteiger partial charge < -0.3 is 16.2 Å². The first-order chi connectivity index (χ1) is 8.99. The molecular weight excluding hydrogens is 251 g/mol. The first-order valence-electron chi connectivity index (χ1n) is 5.52. The van der Waals surface area contributed by atoms with Gasteiger partial charge in [0.25, 0.3) is 0 Å². The van der Waals surface area contributed by atoms with E-state index in [0.29, 0.717) is 6.54 Å². The van der Waals surface area contributed by atoms with Gasteiger partial charge in [-0.2, -0.15) is 5.10 Å². The first kappa shape index (κ1) is 12.9. The Bertz CT molecular complexity index is 624. The van der Waals surface area contributed by atoms with Gasteiger partial charge in [0.1, 0.15) is 11.4 Å². The van der Waals surface area contributed by atoms with Crippen LogP contribution >= 0.6 is 0 Å². The van der Waals surface area contributed by atoms with Crippen LogP contribution in [0.2, 0.25) is 0 Å². The van der Waals surface area contributed by atoms with E-state index in [4.69, 9.17) is 10.8 Å². The Morgan fingerprint density at radius 1 is 1.53 bits per heavy atom. The van der Waals surface area contributed by atoms with Crippen molar-refractivity contribution in [1.29, 1.82) is 0 Å². The number of nitrogens with one attached hydrogen (secondary N) is 1. The SMILES string of the molecule is Cn1ccc(CNc2ccc(F)c(N)c2C(=O)O)n1. The van der Waals surface area contributed by atoms with Crippen LogP contribution in [0.5, 0.6) is 0 Å². The zero-order chi connectivity index (χ0) is 14.0. The summed E-state index contributed by atoms with van der Waals surface area (Å²) in [6.45, 7) is 0.326. The minimum atomic E-state index is -1.28. The number of hydrogen-bond acceptors (Lipinski definition) is 4. The lowest BCUT2D eigenvalue weighted by Crippen LogP contribution is -2.11. The molecule has 1 heterocycles. The molecule has 0 radical (unpaired) electrons. The molecule has 0 unspecified atom stereocenters. The van der Waals surface area contributed by atoms with E-state index < -0.39 is 11.8 Å². The standard InChI is InChI=1S/C12H13FN4O2/c1-17-5-4-7(16-17)6-15-9-3-2-8(13)11(14)10(9)12(18)19/h2-5,15H,6,14H2,1H3,(H,18,19). The molecule has 1 aromatic carbocycles. The van der Waals surface area contributed by atoms with E-state index in [9.17, 15) is 9.18 Å². The number of nitrogens with two attached hydrogens (primary N) is 1. The topological polar surface area (TPSA) is 93.2 Å². The molecule has 2 aromatic rings. The van der Waals surface area contributed by atoms with Crippen molar-refractivity contribution >= 4 is 17.3 Å². The minimum absolute atomic E-state index is 0.261. The van der Waals surface area contributed by atoms with Crippen LogP contribution in [-0.2, 0) is 13.6 Å². The lowest BCUT2D eigenvalue weighted by atomic mass is 10.1. The van der Waals surface area contributed by atoms with Crippen molar-refractivity contribution in [3.63, 3.8) is 0 Å². The third-order valence-corrected chi connectivity index (χ3v) is 2.63. The van der Waals surface area contributed by atoms with Gasteiger partial charge in [0.15, 0.2) is 0 Å². The fourth-order valence-electron chi connectivity index (χ4n) is 1.72. The van der Waals surface area contributed by atoms with Crippen molar-refractivity contribution in [3.8, 4) is 0 Å².